The molecule has 1 fully saturated rings. The molecule has 2 atom stereocenters. The highest BCUT2D eigenvalue weighted by Gasteiger charge is 2.28. The number of hydrogen-bond acceptors (Lipinski definition) is 2. The fraction of sp³-hybridized carbons (Fsp3) is 0.476. The number of nitrogens with zero attached hydrogens (tertiary/aromatic N) is 2. The Kier molecular flexibility index (Phi) is 6.53. The average molecular weight is 376 g/mol. The Morgan fingerprint density at radius 1 is 1.23 bits per heavy atom. The maximum absolute atomic E-state index is 13.1. The van der Waals surface area contributed by atoms with Gasteiger partial charge in [-0.1, -0.05) is 18.2 Å². The molecule has 26 heavy (non-hydrogen) atoms. The molecule has 4 nitrogen and oxygen atoms in total. The van der Waals surface area contributed by atoms with Crippen molar-refractivity contribution in [3.63, 3.8) is 0 Å². The fourth-order valence-electron chi connectivity index (χ4n) is 3.96. The number of hydrogen-bond donors (Lipinski definition) is 1. The van der Waals surface area contributed by atoms with E-state index in [0.717, 1.165) is 48.6 Å². The number of carbonyl (C=O) groups excluding carboxylic acids is 1. The normalized spacial score (nSPS) is 18.3. The molecule has 3 rings (SSSR count). The summed E-state index contributed by atoms with van der Waals surface area (Å²) in [5, 5.41) is 0. The SMILES string of the molecule is Cc1ccccc1-n1c(C)cc(C(=O)N2CCCC(C(C)N)C2)c1C.Cl. The van der Waals surface area contributed by atoms with Crippen molar-refractivity contribution in [3.05, 3.63) is 52.8 Å². The number of halogens is 1. The average Bonchev–Trinajstić information content (AvgIpc) is 2.89. The van der Waals surface area contributed by atoms with Crippen LogP contribution in [0.4, 0.5) is 0 Å². The van der Waals surface area contributed by atoms with Crippen molar-refractivity contribution in [3.8, 4) is 5.69 Å². The van der Waals surface area contributed by atoms with Crippen molar-refractivity contribution in [2.45, 2.75) is 46.6 Å². The predicted molar refractivity (Wildman–Crippen MR) is 110 cm³/mol. The number of nitrogens with two attached hydrogens (primary N) is 1. The van der Waals surface area contributed by atoms with Crippen molar-refractivity contribution in [1.29, 1.82) is 0 Å². The number of rotatable bonds is 3. The van der Waals surface area contributed by atoms with E-state index in [4.69, 9.17) is 5.73 Å². The van der Waals surface area contributed by atoms with Gasteiger partial charge in [0.1, 0.15) is 0 Å². The van der Waals surface area contributed by atoms with Gasteiger partial charge in [0, 0.05) is 36.2 Å². The monoisotopic (exact) mass is 375 g/mol. The van der Waals surface area contributed by atoms with Gasteiger partial charge in [-0.15, -0.1) is 12.4 Å². The van der Waals surface area contributed by atoms with Gasteiger partial charge < -0.3 is 15.2 Å². The maximum Gasteiger partial charge on any atom is 0.255 e. The molecule has 2 heterocycles. The summed E-state index contributed by atoms with van der Waals surface area (Å²) >= 11 is 0. The van der Waals surface area contributed by atoms with E-state index in [-0.39, 0.29) is 24.4 Å². The Morgan fingerprint density at radius 2 is 1.92 bits per heavy atom. The van der Waals surface area contributed by atoms with Crippen molar-refractivity contribution in [2.75, 3.05) is 13.1 Å². The van der Waals surface area contributed by atoms with Gasteiger partial charge in [-0.2, -0.15) is 0 Å². The van der Waals surface area contributed by atoms with E-state index >= 15 is 0 Å². The zero-order valence-electron chi connectivity index (χ0n) is 16.2. The van der Waals surface area contributed by atoms with Gasteiger partial charge >= 0.3 is 0 Å². The summed E-state index contributed by atoms with van der Waals surface area (Å²) in [6.07, 6.45) is 2.15. The molecule has 0 radical (unpaired) electrons. The first-order chi connectivity index (χ1) is 11.9. The lowest BCUT2D eigenvalue weighted by molar-refractivity contribution is 0.0660. The van der Waals surface area contributed by atoms with E-state index < -0.39 is 0 Å². The van der Waals surface area contributed by atoms with E-state index in [1.165, 1.54) is 5.56 Å². The standard InChI is InChI=1S/C21H29N3O.ClH/c1-14-8-5-6-10-20(14)24-15(2)12-19(17(24)4)21(25)23-11-7-9-18(13-23)16(3)22;/h5-6,8,10,12,16,18H,7,9,11,13,22H2,1-4H3;1H. The van der Waals surface area contributed by atoms with Crippen LogP contribution in [0, 0.1) is 26.7 Å². The fourth-order valence-corrected chi connectivity index (χ4v) is 3.96. The molecule has 2 unspecified atom stereocenters. The smallest absolute Gasteiger partial charge is 0.255 e. The van der Waals surface area contributed by atoms with Crippen LogP contribution in [-0.2, 0) is 0 Å². The van der Waals surface area contributed by atoms with Crippen LogP contribution in [0.2, 0.25) is 0 Å². The zero-order chi connectivity index (χ0) is 18.1. The summed E-state index contributed by atoms with van der Waals surface area (Å²) in [5.74, 6) is 0.538. The molecule has 2 N–H and O–H groups in total. The molecule has 1 aliphatic rings. The Hall–Kier alpha value is -1.78. The zero-order valence-corrected chi connectivity index (χ0v) is 17.0. The lowest BCUT2D eigenvalue weighted by Crippen LogP contribution is -2.45. The third kappa shape index (κ3) is 3.81. The van der Waals surface area contributed by atoms with Gasteiger partial charge in [-0.05, 0) is 64.2 Å². The van der Waals surface area contributed by atoms with Crippen LogP contribution in [0.3, 0.4) is 0 Å². The predicted octanol–water partition coefficient (Wildman–Crippen LogP) is 4.02. The van der Waals surface area contributed by atoms with Gasteiger partial charge in [0.15, 0.2) is 0 Å². The third-order valence-electron chi connectivity index (χ3n) is 5.51. The molecular formula is C21H30ClN3O. The summed E-state index contributed by atoms with van der Waals surface area (Å²) in [6.45, 7) is 9.85. The lowest BCUT2D eigenvalue weighted by atomic mass is 9.92. The Bertz CT molecular complexity index is 782. The molecule has 0 aliphatic carbocycles. The topological polar surface area (TPSA) is 51.3 Å². The Morgan fingerprint density at radius 3 is 2.58 bits per heavy atom. The van der Waals surface area contributed by atoms with Crippen LogP contribution >= 0.6 is 12.4 Å². The van der Waals surface area contributed by atoms with E-state index in [1.807, 2.05) is 36.9 Å². The van der Waals surface area contributed by atoms with Crippen molar-refractivity contribution >= 4 is 18.3 Å². The number of aryl methyl sites for hydroxylation is 2. The van der Waals surface area contributed by atoms with Crippen LogP contribution in [-0.4, -0.2) is 34.5 Å². The molecule has 1 aliphatic heterocycles. The Balaban J connectivity index is 0.00000243. The van der Waals surface area contributed by atoms with E-state index in [0.29, 0.717) is 5.92 Å². The van der Waals surface area contributed by atoms with E-state index in [9.17, 15) is 4.79 Å². The highest BCUT2D eigenvalue weighted by Crippen LogP contribution is 2.26. The molecule has 0 bridgehead atoms. The van der Waals surface area contributed by atoms with Gasteiger partial charge in [0.2, 0.25) is 0 Å². The number of aromatic nitrogens is 1. The summed E-state index contributed by atoms with van der Waals surface area (Å²) in [6, 6.07) is 10.5. The molecular weight excluding hydrogens is 346 g/mol. The number of piperidine rings is 1. The largest absolute Gasteiger partial charge is 0.338 e. The maximum atomic E-state index is 13.1. The van der Waals surface area contributed by atoms with Crippen LogP contribution in [0.25, 0.3) is 5.69 Å². The second-order valence-corrected chi connectivity index (χ2v) is 7.42. The van der Waals surface area contributed by atoms with E-state index in [1.54, 1.807) is 0 Å². The second kappa shape index (κ2) is 8.28. The van der Waals surface area contributed by atoms with Crippen LogP contribution in [0.15, 0.2) is 30.3 Å². The van der Waals surface area contributed by atoms with Gasteiger partial charge in [0.05, 0.1) is 5.56 Å². The number of benzene rings is 1. The minimum Gasteiger partial charge on any atom is -0.338 e. The second-order valence-electron chi connectivity index (χ2n) is 7.42. The van der Waals surface area contributed by atoms with E-state index in [2.05, 4.69) is 30.5 Å². The van der Waals surface area contributed by atoms with Crippen molar-refractivity contribution in [1.82, 2.24) is 9.47 Å². The first kappa shape index (κ1) is 20.5. The third-order valence-corrected chi connectivity index (χ3v) is 5.51. The molecule has 1 saturated heterocycles. The molecule has 1 amide bonds. The molecule has 142 valence electrons. The number of carbonyl (C=O) groups is 1. The molecule has 0 spiro atoms. The van der Waals surface area contributed by atoms with Crippen molar-refractivity contribution < 1.29 is 4.79 Å². The molecule has 1 aromatic heterocycles. The minimum atomic E-state index is 0. The van der Waals surface area contributed by atoms with Crippen molar-refractivity contribution in [2.24, 2.45) is 11.7 Å². The molecule has 5 heteroatoms. The highest BCUT2D eigenvalue weighted by molar-refractivity contribution is 5.96. The molecule has 0 saturated carbocycles. The highest BCUT2D eigenvalue weighted by atomic mass is 35.5. The minimum absolute atomic E-state index is 0. The van der Waals surface area contributed by atoms with Gasteiger partial charge in [-0.3, -0.25) is 4.79 Å². The summed E-state index contributed by atoms with van der Waals surface area (Å²) < 4.78 is 2.19. The number of amides is 1. The Labute approximate surface area is 162 Å². The first-order valence-corrected chi connectivity index (χ1v) is 9.20. The summed E-state index contributed by atoms with van der Waals surface area (Å²) in [7, 11) is 0. The molecule has 1 aromatic carbocycles. The quantitative estimate of drug-likeness (QED) is 0.880. The lowest BCUT2D eigenvalue weighted by Gasteiger charge is -2.34. The first-order valence-electron chi connectivity index (χ1n) is 9.20. The summed E-state index contributed by atoms with van der Waals surface area (Å²) in [5.41, 5.74) is 11.3. The van der Waals surface area contributed by atoms with Crippen LogP contribution in [0.5, 0.6) is 0 Å². The van der Waals surface area contributed by atoms with Gasteiger partial charge in [0.25, 0.3) is 5.91 Å². The van der Waals surface area contributed by atoms with Crippen LogP contribution in [0.1, 0.15) is 47.1 Å². The van der Waals surface area contributed by atoms with Crippen LogP contribution < -0.4 is 5.73 Å². The molecule has 2 aromatic rings. The van der Waals surface area contributed by atoms with Gasteiger partial charge in [-0.25, -0.2) is 0 Å². The summed E-state index contributed by atoms with van der Waals surface area (Å²) in [4.78, 5) is 15.1. The number of para-hydroxylation sites is 1. The number of likely N-dealkylation sites (tertiary alicyclic amines) is 1.